The van der Waals surface area contributed by atoms with Crippen molar-refractivity contribution in [2.75, 3.05) is 51.5 Å². The molecular weight excluding hydrogens is 246 g/mol. The fourth-order valence-electron chi connectivity index (χ4n) is 1.89. The lowest BCUT2D eigenvalue weighted by atomic mass is 10.2. The van der Waals surface area contributed by atoms with E-state index >= 15 is 0 Å². The van der Waals surface area contributed by atoms with Gasteiger partial charge in [-0.1, -0.05) is 0 Å². The van der Waals surface area contributed by atoms with Gasteiger partial charge in [-0.25, -0.2) is 0 Å². The lowest BCUT2D eigenvalue weighted by molar-refractivity contribution is 0.0374. The Morgan fingerprint density at radius 3 is 2.63 bits per heavy atom. The minimum Gasteiger partial charge on any atom is -0.489 e. The van der Waals surface area contributed by atoms with Gasteiger partial charge >= 0.3 is 0 Å². The summed E-state index contributed by atoms with van der Waals surface area (Å²) >= 11 is 0. The van der Waals surface area contributed by atoms with Crippen LogP contribution in [-0.2, 0) is 9.47 Å². The highest BCUT2D eigenvalue weighted by Crippen LogP contribution is 2.28. The summed E-state index contributed by atoms with van der Waals surface area (Å²) in [5.41, 5.74) is 1.56. The van der Waals surface area contributed by atoms with Gasteiger partial charge in [0.05, 0.1) is 32.1 Å². The summed E-state index contributed by atoms with van der Waals surface area (Å²) in [6, 6.07) is 5.44. The topological polar surface area (TPSA) is 48.0 Å². The van der Waals surface area contributed by atoms with Crippen LogP contribution in [0.4, 0.5) is 5.69 Å². The number of nitrogens with zero attached hydrogens (tertiary/aromatic N) is 1. The molecule has 1 aliphatic rings. The highest BCUT2D eigenvalue weighted by Gasteiger charge is 2.10. The van der Waals surface area contributed by atoms with Crippen LogP contribution in [0.25, 0.3) is 0 Å². The molecule has 0 aliphatic carbocycles. The third-order valence-electron chi connectivity index (χ3n) is 2.96. The summed E-state index contributed by atoms with van der Waals surface area (Å²) in [4.78, 5) is 12.9. The van der Waals surface area contributed by atoms with E-state index in [1.54, 1.807) is 12.1 Å². The van der Waals surface area contributed by atoms with Gasteiger partial charge in [0, 0.05) is 19.2 Å². The lowest BCUT2D eigenvalue weighted by Gasteiger charge is -2.23. The SMILES string of the molecule is CN1CCOCCOCCOc2cc(C=O)ccc21. The van der Waals surface area contributed by atoms with Gasteiger partial charge in [0.15, 0.2) is 0 Å². The molecule has 1 heterocycles. The monoisotopic (exact) mass is 265 g/mol. The molecule has 0 amide bonds. The first kappa shape index (κ1) is 13.8. The number of fused-ring (bicyclic) bond motifs is 1. The smallest absolute Gasteiger partial charge is 0.150 e. The van der Waals surface area contributed by atoms with E-state index in [2.05, 4.69) is 4.90 Å². The van der Waals surface area contributed by atoms with E-state index in [0.29, 0.717) is 44.3 Å². The zero-order chi connectivity index (χ0) is 13.5. The van der Waals surface area contributed by atoms with Crippen LogP contribution in [0.1, 0.15) is 10.4 Å². The number of hydrogen-bond acceptors (Lipinski definition) is 5. The van der Waals surface area contributed by atoms with E-state index in [4.69, 9.17) is 14.2 Å². The maximum atomic E-state index is 10.8. The number of ether oxygens (including phenoxy) is 3. The second-order valence-electron chi connectivity index (χ2n) is 4.34. The predicted octanol–water partition coefficient (Wildman–Crippen LogP) is 1.36. The molecule has 0 N–H and O–H groups in total. The molecule has 5 nitrogen and oxygen atoms in total. The quantitative estimate of drug-likeness (QED) is 0.718. The molecule has 0 spiro atoms. The number of rotatable bonds is 1. The number of aldehydes is 1. The van der Waals surface area contributed by atoms with E-state index in [1.807, 2.05) is 13.1 Å². The first-order chi connectivity index (χ1) is 9.31. The Labute approximate surface area is 113 Å². The van der Waals surface area contributed by atoms with Gasteiger partial charge in [-0.3, -0.25) is 4.79 Å². The zero-order valence-electron chi connectivity index (χ0n) is 11.1. The summed E-state index contributed by atoms with van der Waals surface area (Å²) in [6.07, 6.45) is 0.819. The van der Waals surface area contributed by atoms with Crippen molar-refractivity contribution in [2.45, 2.75) is 0 Å². The molecule has 0 bridgehead atoms. The number of carbonyl (C=O) groups excluding carboxylic acids is 1. The highest BCUT2D eigenvalue weighted by molar-refractivity contribution is 5.78. The van der Waals surface area contributed by atoms with E-state index in [0.717, 1.165) is 18.5 Å². The van der Waals surface area contributed by atoms with Crippen molar-refractivity contribution in [1.82, 2.24) is 0 Å². The second kappa shape index (κ2) is 7.11. The lowest BCUT2D eigenvalue weighted by Crippen LogP contribution is -2.25. The van der Waals surface area contributed by atoms with Gasteiger partial charge in [0.25, 0.3) is 0 Å². The van der Waals surface area contributed by atoms with Crippen molar-refractivity contribution >= 4 is 12.0 Å². The Hall–Kier alpha value is -1.59. The van der Waals surface area contributed by atoms with Crippen LogP contribution >= 0.6 is 0 Å². The Bertz CT molecular complexity index is 422. The fourth-order valence-corrected chi connectivity index (χ4v) is 1.89. The van der Waals surface area contributed by atoms with Crippen LogP contribution in [-0.4, -0.2) is 52.9 Å². The van der Waals surface area contributed by atoms with Gasteiger partial charge in [0.2, 0.25) is 0 Å². The van der Waals surface area contributed by atoms with Gasteiger partial charge in [-0.2, -0.15) is 0 Å². The summed E-state index contributed by atoms with van der Waals surface area (Å²) in [7, 11) is 1.98. The Morgan fingerprint density at radius 1 is 1.11 bits per heavy atom. The molecule has 0 aromatic heterocycles. The number of carbonyl (C=O) groups is 1. The van der Waals surface area contributed by atoms with Gasteiger partial charge in [-0.05, 0) is 18.2 Å². The summed E-state index contributed by atoms with van der Waals surface area (Å²) in [5.74, 6) is 0.705. The Balaban J connectivity index is 2.18. The largest absolute Gasteiger partial charge is 0.489 e. The van der Waals surface area contributed by atoms with Crippen LogP contribution < -0.4 is 9.64 Å². The van der Waals surface area contributed by atoms with Crippen LogP contribution in [0.3, 0.4) is 0 Å². The first-order valence-corrected chi connectivity index (χ1v) is 6.40. The molecule has 0 fully saturated rings. The zero-order valence-corrected chi connectivity index (χ0v) is 11.1. The predicted molar refractivity (Wildman–Crippen MR) is 72.2 cm³/mol. The second-order valence-corrected chi connectivity index (χ2v) is 4.34. The van der Waals surface area contributed by atoms with Crippen molar-refractivity contribution in [3.8, 4) is 5.75 Å². The van der Waals surface area contributed by atoms with Crippen LogP contribution in [0.15, 0.2) is 18.2 Å². The van der Waals surface area contributed by atoms with Crippen molar-refractivity contribution in [2.24, 2.45) is 0 Å². The molecule has 104 valence electrons. The molecular formula is C14H19NO4. The third kappa shape index (κ3) is 3.94. The minimum atomic E-state index is 0.461. The molecule has 5 heteroatoms. The summed E-state index contributed by atoms with van der Waals surface area (Å²) in [5, 5.41) is 0. The molecule has 1 aromatic carbocycles. The Kier molecular flexibility index (Phi) is 5.18. The van der Waals surface area contributed by atoms with Crippen molar-refractivity contribution in [3.05, 3.63) is 23.8 Å². The minimum absolute atomic E-state index is 0.461. The van der Waals surface area contributed by atoms with Crippen LogP contribution in [0.5, 0.6) is 5.75 Å². The third-order valence-corrected chi connectivity index (χ3v) is 2.96. The van der Waals surface area contributed by atoms with Gasteiger partial charge in [-0.15, -0.1) is 0 Å². The number of hydrogen-bond donors (Lipinski definition) is 0. The van der Waals surface area contributed by atoms with Gasteiger partial charge in [0.1, 0.15) is 18.6 Å². The van der Waals surface area contributed by atoms with Crippen molar-refractivity contribution < 1.29 is 19.0 Å². The van der Waals surface area contributed by atoms with Crippen molar-refractivity contribution in [1.29, 1.82) is 0 Å². The number of anilines is 1. The standard InChI is InChI=1S/C14H19NO4/c1-15-4-5-17-6-7-18-8-9-19-14-10-12(11-16)2-3-13(14)15/h2-3,10-11H,4-9H2,1H3. The molecule has 1 aromatic rings. The average Bonchev–Trinajstić information content (AvgIpc) is 2.43. The van der Waals surface area contributed by atoms with Crippen molar-refractivity contribution in [3.63, 3.8) is 0 Å². The summed E-state index contributed by atoms with van der Waals surface area (Å²) < 4.78 is 16.6. The average molecular weight is 265 g/mol. The van der Waals surface area contributed by atoms with E-state index in [9.17, 15) is 4.79 Å². The van der Waals surface area contributed by atoms with Crippen LogP contribution in [0, 0.1) is 0 Å². The van der Waals surface area contributed by atoms with Crippen LogP contribution in [0.2, 0.25) is 0 Å². The maximum Gasteiger partial charge on any atom is 0.150 e. The molecule has 19 heavy (non-hydrogen) atoms. The maximum absolute atomic E-state index is 10.8. The number of benzene rings is 1. The molecule has 0 atom stereocenters. The molecule has 2 rings (SSSR count). The normalized spacial score (nSPS) is 17.6. The van der Waals surface area contributed by atoms with E-state index < -0.39 is 0 Å². The molecule has 0 unspecified atom stereocenters. The fraction of sp³-hybridized carbons (Fsp3) is 0.500. The molecule has 0 saturated heterocycles. The van der Waals surface area contributed by atoms with E-state index in [-0.39, 0.29) is 0 Å². The molecule has 0 saturated carbocycles. The molecule has 0 radical (unpaired) electrons. The number of likely N-dealkylation sites (N-methyl/N-ethyl adjacent to an activating group) is 1. The Morgan fingerprint density at radius 2 is 1.84 bits per heavy atom. The van der Waals surface area contributed by atoms with Gasteiger partial charge < -0.3 is 19.1 Å². The summed E-state index contributed by atoms with van der Waals surface area (Å²) in [6.45, 7) is 3.55. The highest BCUT2D eigenvalue weighted by atomic mass is 16.5. The van der Waals surface area contributed by atoms with E-state index in [1.165, 1.54) is 0 Å². The molecule has 1 aliphatic heterocycles. The first-order valence-electron chi connectivity index (χ1n) is 6.40.